The van der Waals surface area contributed by atoms with Crippen LogP contribution in [-0.4, -0.2) is 55.1 Å². The van der Waals surface area contributed by atoms with Gasteiger partial charge in [0.15, 0.2) is 0 Å². The Balaban J connectivity index is 1.44. The average molecular weight is 409 g/mol. The third kappa shape index (κ3) is 5.82. The molecule has 5 heteroatoms. The van der Waals surface area contributed by atoms with Gasteiger partial charge < -0.3 is 10.2 Å². The number of amides is 1. The SMILES string of the molecule is Cc1cc(C(C)(C)C)cc(C)c1CCNC(=O)CN1CCN(c2ccccn2)CC1. The van der Waals surface area contributed by atoms with E-state index in [1.165, 1.54) is 22.3 Å². The Morgan fingerprint density at radius 2 is 1.73 bits per heavy atom. The van der Waals surface area contributed by atoms with Crippen LogP contribution in [0.25, 0.3) is 0 Å². The molecule has 1 aliphatic rings. The molecule has 1 amide bonds. The van der Waals surface area contributed by atoms with Crippen molar-refractivity contribution in [3.8, 4) is 0 Å². The van der Waals surface area contributed by atoms with Crippen LogP contribution in [0.2, 0.25) is 0 Å². The fourth-order valence-electron chi connectivity index (χ4n) is 4.08. The average Bonchev–Trinajstić information content (AvgIpc) is 2.70. The third-order valence-corrected chi connectivity index (χ3v) is 5.97. The van der Waals surface area contributed by atoms with Crippen molar-refractivity contribution in [1.82, 2.24) is 15.2 Å². The van der Waals surface area contributed by atoms with Crippen LogP contribution in [0.1, 0.15) is 43.0 Å². The van der Waals surface area contributed by atoms with E-state index in [1.54, 1.807) is 0 Å². The fourth-order valence-corrected chi connectivity index (χ4v) is 4.08. The summed E-state index contributed by atoms with van der Waals surface area (Å²) in [6.45, 7) is 15.8. The quantitative estimate of drug-likeness (QED) is 0.795. The molecule has 1 fully saturated rings. The minimum atomic E-state index is 0.114. The van der Waals surface area contributed by atoms with Crippen molar-refractivity contribution in [2.45, 2.75) is 46.5 Å². The van der Waals surface area contributed by atoms with E-state index in [9.17, 15) is 4.79 Å². The zero-order valence-corrected chi connectivity index (χ0v) is 19.2. The second kappa shape index (κ2) is 9.61. The lowest BCUT2D eigenvalue weighted by Crippen LogP contribution is -2.49. The number of hydrogen-bond donors (Lipinski definition) is 1. The Labute approximate surface area is 181 Å². The highest BCUT2D eigenvalue weighted by atomic mass is 16.2. The second-order valence-corrected chi connectivity index (χ2v) is 9.39. The van der Waals surface area contributed by atoms with E-state index < -0.39 is 0 Å². The molecule has 0 atom stereocenters. The summed E-state index contributed by atoms with van der Waals surface area (Å²) in [5.41, 5.74) is 5.52. The zero-order chi connectivity index (χ0) is 21.7. The molecule has 0 aliphatic carbocycles. The van der Waals surface area contributed by atoms with Gasteiger partial charge in [-0.1, -0.05) is 39.0 Å². The van der Waals surface area contributed by atoms with E-state index in [0.29, 0.717) is 13.1 Å². The van der Waals surface area contributed by atoms with Crippen molar-refractivity contribution in [2.75, 3.05) is 44.2 Å². The zero-order valence-electron chi connectivity index (χ0n) is 19.2. The van der Waals surface area contributed by atoms with Crippen LogP contribution in [0.3, 0.4) is 0 Å². The lowest BCUT2D eigenvalue weighted by molar-refractivity contribution is -0.122. The van der Waals surface area contributed by atoms with Crippen molar-refractivity contribution in [1.29, 1.82) is 0 Å². The van der Waals surface area contributed by atoms with E-state index in [-0.39, 0.29) is 11.3 Å². The van der Waals surface area contributed by atoms with Gasteiger partial charge in [-0.25, -0.2) is 4.98 Å². The van der Waals surface area contributed by atoms with Crippen molar-refractivity contribution in [2.24, 2.45) is 0 Å². The van der Waals surface area contributed by atoms with Crippen LogP contribution < -0.4 is 10.2 Å². The predicted molar refractivity (Wildman–Crippen MR) is 124 cm³/mol. The number of pyridine rings is 1. The van der Waals surface area contributed by atoms with Crippen LogP contribution in [0.4, 0.5) is 5.82 Å². The summed E-state index contributed by atoms with van der Waals surface area (Å²) in [6.07, 6.45) is 2.70. The molecule has 3 rings (SSSR count). The second-order valence-electron chi connectivity index (χ2n) is 9.39. The van der Waals surface area contributed by atoms with Gasteiger partial charge in [0, 0.05) is 38.9 Å². The summed E-state index contributed by atoms with van der Waals surface area (Å²) in [5, 5.41) is 3.11. The number of aryl methyl sites for hydroxylation is 2. The third-order valence-electron chi connectivity index (χ3n) is 5.97. The summed E-state index contributed by atoms with van der Waals surface area (Å²) < 4.78 is 0. The molecular formula is C25H36N4O. The first-order valence-electron chi connectivity index (χ1n) is 11.0. The number of rotatable bonds is 6. The first-order valence-corrected chi connectivity index (χ1v) is 11.0. The maximum Gasteiger partial charge on any atom is 0.234 e. The van der Waals surface area contributed by atoms with Crippen LogP contribution in [0.15, 0.2) is 36.5 Å². The molecule has 0 bridgehead atoms. The summed E-state index contributed by atoms with van der Waals surface area (Å²) in [4.78, 5) is 21.4. The van der Waals surface area contributed by atoms with E-state index in [0.717, 1.165) is 38.4 Å². The summed E-state index contributed by atoms with van der Waals surface area (Å²) in [7, 11) is 0. The van der Waals surface area contributed by atoms with Gasteiger partial charge in [0.1, 0.15) is 5.82 Å². The van der Waals surface area contributed by atoms with E-state index in [2.05, 4.69) is 66.9 Å². The highest BCUT2D eigenvalue weighted by molar-refractivity contribution is 5.78. The van der Waals surface area contributed by atoms with Crippen molar-refractivity contribution in [3.63, 3.8) is 0 Å². The maximum absolute atomic E-state index is 12.4. The number of anilines is 1. The van der Waals surface area contributed by atoms with E-state index in [4.69, 9.17) is 0 Å². The molecule has 1 aromatic heterocycles. The number of carbonyl (C=O) groups is 1. The van der Waals surface area contributed by atoms with Crippen molar-refractivity contribution < 1.29 is 4.79 Å². The number of aromatic nitrogens is 1. The molecule has 0 spiro atoms. The Morgan fingerprint density at radius 1 is 1.07 bits per heavy atom. The van der Waals surface area contributed by atoms with Gasteiger partial charge in [-0.2, -0.15) is 0 Å². The number of carbonyl (C=O) groups excluding carboxylic acids is 1. The topological polar surface area (TPSA) is 48.5 Å². The van der Waals surface area contributed by atoms with Crippen molar-refractivity contribution >= 4 is 11.7 Å². The normalized spacial score (nSPS) is 15.3. The van der Waals surface area contributed by atoms with Gasteiger partial charge in [-0.15, -0.1) is 0 Å². The fraction of sp³-hybridized carbons (Fsp3) is 0.520. The van der Waals surface area contributed by atoms with Gasteiger partial charge in [0.05, 0.1) is 6.54 Å². The minimum absolute atomic E-state index is 0.114. The maximum atomic E-state index is 12.4. The lowest BCUT2D eigenvalue weighted by atomic mass is 9.83. The molecule has 1 aliphatic heterocycles. The number of nitrogens with one attached hydrogen (secondary N) is 1. The number of hydrogen-bond acceptors (Lipinski definition) is 4. The molecular weight excluding hydrogens is 372 g/mol. The van der Waals surface area contributed by atoms with E-state index >= 15 is 0 Å². The minimum Gasteiger partial charge on any atom is -0.355 e. The Morgan fingerprint density at radius 3 is 2.30 bits per heavy atom. The highest BCUT2D eigenvalue weighted by Gasteiger charge is 2.20. The molecule has 162 valence electrons. The first-order chi connectivity index (χ1) is 14.2. The molecule has 1 saturated heterocycles. The van der Waals surface area contributed by atoms with Gasteiger partial charge >= 0.3 is 0 Å². The van der Waals surface area contributed by atoms with Crippen LogP contribution in [0, 0.1) is 13.8 Å². The van der Waals surface area contributed by atoms with Crippen LogP contribution in [-0.2, 0) is 16.6 Å². The van der Waals surface area contributed by atoms with Gasteiger partial charge in [0.25, 0.3) is 0 Å². The van der Waals surface area contributed by atoms with Gasteiger partial charge in [0.2, 0.25) is 5.91 Å². The summed E-state index contributed by atoms with van der Waals surface area (Å²) in [5.74, 6) is 1.13. The van der Waals surface area contributed by atoms with Gasteiger partial charge in [-0.05, 0) is 60.1 Å². The number of piperazine rings is 1. The summed E-state index contributed by atoms with van der Waals surface area (Å²) >= 11 is 0. The summed E-state index contributed by atoms with van der Waals surface area (Å²) in [6, 6.07) is 10.6. The van der Waals surface area contributed by atoms with Gasteiger partial charge in [-0.3, -0.25) is 9.69 Å². The predicted octanol–water partition coefficient (Wildman–Crippen LogP) is 3.48. The number of benzene rings is 1. The van der Waals surface area contributed by atoms with E-state index in [1.807, 2.05) is 24.4 Å². The van der Waals surface area contributed by atoms with Crippen molar-refractivity contribution in [3.05, 3.63) is 58.8 Å². The van der Waals surface area contributed by atoms with Crippen LogP contribution in [0.5, 0.6) is 0 Å². The Bertz CT molecular complexity index is 826. The first kappa shape index (κ1) is 22.3. The smallest absolute Gasteiger partial charge is 0.234 e. The number of nitrogens with zero attached hydrogens (tertiary/aromatic N) is 3. The molecule has 0 unspecified atom stereocenters. The molecule has 2 aromatic rings. The highest BCUT2D eigenvalue weighted by Crippen LogP contribution is 2.27. The molecule has 0 saturated carbocycles. The Kier molecular flexibility index (Phi) is 7.14. The monoisotopic (exact) mass is 408 g/mol. The largest absolute Gasteiger partial charge is 0.355 e. The lowest BCUT2D eigenvalue weighted by Gasteiger charge is -2.34. The molecule has 0 radical (unpaired) electrons. The van der Waals surface area contributed by atoms with Crippen LogP contribution >= 0.6 is 0 Å². The standard InChI is InChI=1S/C25H36N4O/c1-19-16-21(25(3,4)5)17-20(2)22(19)9-11-27-24(30)18-28-12-14-29(15-13-28)23-8-6-7-10-26-23/h6-8,10,16-17H,9,11-15,18H2,1-5H3,(H,27,30). The molecule has 2 heterocycles. The molecule has 30 heavy (non-hydrogen) atoms. The molecule has 5 nitrogen and oxygen atoms in total. The molecule has 1 N–H and O–H groups in total. The Hall–Kier alpha value is -2.40. The molecule has 1 aromatic carbocycles.